The number of carbonyl (C=O) groups excluding carboxylic acids is 4. The summed E-state index contributed by atoms with van der Waals surface area (Å²) in [5.41, 5.74) is 2.29. The zero-order chi connectivity index (χ0) is 39.7. The summed E-state index contributed by atoms with van der Waals surface area (Å²) in [5, 5.41) is 5.02. The fraction of sp³-hybridized carbons (Fsp3) is 0.568. The Kier molecular flexibility index (Phi) is 28.9. The van der Waals surface area contributed by atoms with Crippen molar-refractivity contribution in [3.05, 3.63) is 59.7 Å². The summed E-state index contributed by atoms with van der Waals surface area (Å²) in [6.07, 6.45) is 1.47. The molecule has 0 bridgehead atoms. The van der Waals surface area contributed by atoms with Gasteiger partial charge in [-0.1, -0.05) is 38.1 Å². The second kappa shape index (κ2) is 31.4. The molecule has 0 saturated heterocycles. The molecule has 300 valence electrons. The van der Waals surface area contributed by atoms with E-state index in [1.54, 1.807) is 40.4 Å². The van der Waals surface area contributed by atoms with Crippen molar-refractivity contribution in [3.8, 4) is 11.5 Å². The van der Waals surface area contributed by atoms with E-state index in [9.17, 15) is 19.2 Å². The topological polar surface area (TPSA) is 173 Å². The Hall–Kier alpha value is -4.16. The number of hydrogen-bond donors (Lipinski definition) is 2. The Morgan fingerprint density at radius 2 is 1.06 bits per heavy atom. The lowest BCUT2D eigenvalue weighted by atomic mass is 9.78. The Balaban J connectivity index is 0.000000788. The van der Waals surface area contributed by atoms with E-state index in [0.29, 0.717) is 78.2 Å². The number of aldehydes is 1. The predicted molar refractivity (Wildman–Crippen MR) is 199 cm³/mol. The quantitative estimate of drug-likeness (QED) is 0.0956. The van der Waals surface area contributed by atoms with Crippen LogP contribution in [-0.4, -0.2) is 149 Å². The molecule has 0 radical (unpaired) electrons. The number of nitrogens with one attached hydrogen (secondary N) is 2. The maximum Gasteiger partial charge on any atom is 0.293 e. The minimum Gasteiger partial charge on any atom is -0.494 e. The average Bonchev–Trinajstić information content (AvgIpc) is 3.16. The van der Waals surface area contributed by atoms with Crippen molar-refractivity contribution >= 4 is 25.6 Å². The largest absolute Gasteiger partial charge is 0.494 e. The van der Waals surface area contributed by atoms with Crippen molar-refractivity contribution in [2.24, 2.45) is 0 Å². The zero-order valence-corrected chi connectivity index (χ0v) is 32.4. The van der Waals surface area contributed by atoms with E-state index < -0.39 is 6.10 Å². The van der Waals surface area contributed by atoms with E-state index in [4.69, 9.17) is 37.9 Å². The van der Waals surface area contributed by atoms with Crippen molar-refractivity contribution in [2.45, 2.75) is 38.4 Å². The molecule has 16 nitrogen and oxygen atoms in total. The van der Waals surface area contributed by atoms with Gasteiger partial charge in [0.2, 0.25) is 12.8 Å². The lowest BCUT2D eigenvalue weighted by Crippen LogP contribution is -2.41. The second-order valence-electron chi connectivity index (χ2n) is 11.7. The summed E-state index contributed by atoms with van der Waals surface area (Å²) >= 11 is 0. The van der Waals surface area contributed by atoms with Crippen LogP contribution in [0.5, 0.6) is 11.5 Å². The molecule has 0 aliphatic carbocycles. The number of benzene rings is 2. The molecule has 2 amide bonds. The first-order chi connectivity index (χ1) is 25.6. The molecule has 2 aromatic carbocycles. The van der Waals surface area contributed by atoms with E-state index in [0.717, 1.165) is 12.0 Å². The van der Waals surface area contributed by atoms with Gasteiger partial charge in [0.1, 0.15) is 51.1 Å². The van der Waals surface area contributed by atoms with Gasteiger partial charge in [-0.3, -0.25) is 29.0 Å². The van der Waals surface area contributed by atoms with E-state index >= 15 is 0 Å². The van der Waals surface area contributed by atoms with Gasteiger partial charge in [-0.25, -0.2) is 0 Å². The Morgan fingerprint density at radius 1 is 0.642 bits per heavy atom. The zero-order valence-electron chi connectivity index (χ0n) is 32.4. The van der Waals surface area contributed by atoms with Crippen LogP contribution in [0.1, 0.15) is 31.9 Å². The molecule has 0 aliphatic rings. The minimum atomic E-state index is -0.423. The smallest absolute Gasteiger partial charge is 0.293 e. The number of ether oxygens (including phenoxy) is 8. The fourth-order valence-electron chi connectivity index (χ4n) is 4.81. The van der Waals surface area contributed by atoms with Gasteiger partial charge in [0.25, 0.3) is 6.47 Å². The molecule has 2 atom stereocenters. The molecule has 0 fully saturated rings. The van der Waals surface area contributed by atoms with Gasteiger partial charge in [-0.15, -0.1) is 0 Å². The van der Waals surface area contributed by atoms with Crippen LogP contribution in [-0.2, 0) is 53.0 Å². The summed E-state index contributed by atoms with van der Waals surface area (Å²) in [5.74, 6) is 1.60. The van der Waals surface area contributed by atoms with Gasteiger partial charge >= 0.3 is 0 Å². The molecular weight excluding hydrogens is 692 g/mol. The fourth-order valence-corrected chi connectivity index (χ4v) is 4.81. The number of hydrogen-bond acceptors (Lipinski definition) is 14. The summed E-state index contributed by atoms with van der Waals surface area (Å²) in [6, 6.07) is 16.1. The maximum absolute atomic E-state index is 10.3. The SMILES string of the molecule is CCOc1ccc(C(C)(C)c2ccc(OCC=O)cc2)cc1.COCN(COC)CC(CNC=O)OC.COCN(COC)CC(CNC=O)OC=O. The van der Waals surface area contributed by atoms with Crippen LogP contribution in [0.2, 0.25) is 0 Å². The molecule has 0 spiro atoms. The van der Waals surface area contributed by atoms with Crippen LogP contribution in [0.4, 0.5) is 0 Å². The first kappa shape index (κ1) is 48.8. The highest BCUT2D eigenvalue weighted by Crippen LogP contribution is 2.33. The van der Waals surface area contributed by atoms with Crippen molar-refractivity contribution in [3.63, 3.8) is 0 Å². The molecule has 2 aromatic rings. The summed E-state index contributed by atoms with van der Waals surface area (Å²) < 4.78 is 40.7. The maximum atomic E-state index is 10.3. The number of methoxy groups -OCH3 is 5. The van der Waals surface area contributed by atoms with E-state index in [1.807, 2.05) is 48.2 Å². The van der Waals surface area contributed by atoms with Crippen molar-refractivity contribution < 1.29 is 57.1 Å². The lowest BCUT2D eigenvalue weighted by molar-refractivity contribution is -0.136. The van der Waals surface area contributed by atoms with Gasteiger partial charge in [0.15, 0.2) is 6.29 Å². The van der Waals surface area contributed by atoms with Crippen LogP contribution >= 0.6 is 0 Å². The Morgan fingerprint density at radius 3 is 1.42 bits per heavy atom. The second-order valence-corrected chi connectivity index (χ2v) is 11.7. The number of amides is 2. The van der Waals surface area contributed by atoms with Crippen molar-refractivity contribution in [1.29, 1.82) is 0 Å². The van der Waals surface area contributed by atoms with E-state index in [1.165, 1.54) is 11.1 Å². The summed E-state index contributed by atoms with van der Waals surface area (Å²) in [4.78, 5) is 44.6. The highest BCUT2D eigenvalue weighted by atomic mass is 16.5. The molecule has 2 unspecified atom stereocenters. The van der Waals surface area contributed by atoms with Gasteiger partial charge in [0, 0.05) is 60.6 Å². The number of nitrogens with zero attached hydrogens (tertiary/aromatic N) is 2. The summed E-state index contributed by atoms with van der Waals surface area (Å²) in [7, 11) is 7.96. The molecule has 0 aromatic heterocycles. The molecule has 0 saturated carbocycles. The van der Waals surface area contributed by atoms with Crippen LogP contribution in [0.3, 0.4) is 0 Å². The van der Waals surface area contributed by atoms with Crippen molar-refractivity contribution in [1.82, 2.24) is 20.4 Å². The Bertz CT molecular complexity index is 1190. The molecule has 16 heteroatoms. The van der Waals surface area contributed by atoms with Crippen LogP contribution in [0, 0.1) is 0 Å². The monoisotopic (exact) mass is 752 g/mol. The third kappa shape index (κ3) is 21.8. The predicted octanol–water partition coefficient (Wildman–Crippen LogP) is 2.03. The average molecular weight is 753 g/mol. The minimum absolute atomic E-state index is 0.0690. The lowest BCUT2D eigenvalue weighted by Gasteiger charge is -2.26. The first-order valence-electron chi connectivity index (χ1n) is 16.9. The molecule has 0 heterocycles. The van der Waals surface area contributed by atoms with Gasteiger partial charge in [-0.05, 0) is 42.3 Å². The van der Waals surface area contributed by atoms with E-state index in [2.05, 4.69) is 36.6 Å². The number of rotatable bonds is 28. The number of carbonyl (C=O) groups is 4. The third-order valence-corrected chi connectivity index (χ3v) is 7.39. The highest BCUT2D eigenvalue weighted by Gasteiger charge is 2.23. The van der Waals surface area contributed by atoms with Crippen molar-refractivity contribution in [2.75, 3.05) is 102 Å². The molecule has 2 rings (SSSR count). The van der Waals surface area contributed by atoms with E-state index in [-0.39, 0.29) is 24.7 Å². The normalized spacial score (nSPS) is 11.9. The molecule has 0 aliphatic heterocycles. The van der Waals surface area contributed by atoms with Gasteiger partial charge in [-0.2, -0.15) is 0 Å². The third-order valence-electron chi connectivity index (χ3n) is 7.39. The highest BCUT2D eigenvalue weighted by molar-refractivity contribution is 5.51. The standard InChI is InChI=1S/C19H22O3.C9H18N2O5.C9H20N2O4/c1-4-21-17-9-5-15(6-10-17)19(2,3)16-7-11-18(12-8-16)22-14-13-20;1-14-6-11(7-15-2)4-9(16-8-13)3-10-5-12;1-13-7-11(8-14-2)5-9(15-3)4-10-6-12/h5-13H,4,14H2,1-3H3;5,8-9H,3-4,6-7H2,1-2H3,(H,10,12);6,9H,4-5,7-8H2,1-3H3,(H,10,12). The van der Waals surface area contributed by atoms with Crippen LogP contribution in [0.15, 0.2) is 48.5 Å². The van der Waals surface area contributed by atoms with Gasteiger partial charge < -0.3 is 48.5 Å². The molecule has 53 heavy (non-hydrogen) atoms. The first-order valence-corrected chi connectivity index (χ1v) is 16.9. The molecule has 2 N–H and O–H groups in total. The Labute approximate surface area is 314 Å². The van der Waals surface area contributed by atoms with Crippen LogP contribution in [0.25, 0.3) is 0 Å². The van der Waals surface area contributed by atoms with Crippen LogP contribution < -0.4 is 20.1 Å². The summed E-state index contributed by atoms with van der Waals surface area (Å²) in [6.45, 7) is 10.9. The van der Waals surface area contributed by atoms with Gasteiger partial charge in [0.05, 0.1) is 19.3 Å². The molecular formula is C37H60N4O12.